The summed E-state index contributed by atoms with van der Waals surface area (Å²) in [6.45, 7) is 0. The highest BCUT2D eigenvalue weighted by Gasteiger charge is 2.24. The molecule has 0 saturated heterocycles. The molecule has 0 radical (unpaired) electrons. The van der Waals surface area contributed by atoms with Gasteiger partial charge in [-0.05, 0) is 89.0 Å². The Bertz CT molecular complexity index is 2280. The molecule has 0 atom stereocenters. The summed E-state index contributed by atoms with van der Waals surface area (Å²) in [5, 5.41) is 7.30. The fourth-order valence-electron chi connectivity index (χ4n) is 6.52. The molecule has 1 aliphatic heterocycles. The number of aromatic nitrogens is 1. The minimum atomic E-state index is 0.917. The first-order chi connectivity index (χ1) is 20.3. The van der Waals surface area contributed by atoms with E-state index in [4.69, 9.17) is 4.74 Å². The van der Waals surface area contributed by atoms with Crippen molar-refractivity contribution < 1.29 is 4.74 Å². The van der Waals surface area contributed by atoms with Crippen molar-refractivity contribution in [2.75, 3.05) is 4.90 Å². The van der Waals surface area contributed by atoms with Crippen molar-refractivity contribution >= 4 is 60.4 Å². The van der Waals surface area contributed by atoms with Gasteiger partial charge in [-0.2, -0.15) is 0 Å². The second kappa shape index (κ2) is 8.48. The fraction of sp³-hybridized carbons (Fsp3) is 0. The first-order valence-electron chi connectivity index (χ1n) is 13.9. The average molecular weight is 525 g/mol. The Morgan fingerprint density at radius 2 is 1.05 bits per heavy atom. The Kier molecular flexibility index (Phi) is 4.61. The summed E-state index contributed by atoms with van der Waals surface area (Å²) in [4.78, 5) is 2.32. The first kappa shape index (κ1) is 22.3. The molecule has 1 aromatic heterocycles. The number of para-hydroxylation sites is 1. The highest BCUT2D eigenvalue weighted by molar-refractivity contribution is 6.26. The van der Waals surface area contributed by atoms with E-state index in [1.807, 2.05) is 0 Å². The second-order valence-corrected chi connectivity index (χ2v) is 10.6. The highest BCUT2D eigenvalue weighted by atomic mass is 16.5. The van der Waals surface area contributed by atoms with Crippen molar-refractivity contribution in [1.82, 2.24) is 4.57 Å². The Hall–Kier alpha value is -5.54. The van der Waals surface area contributed by atoms with Gasteiger partial charge < -0.3 is 14.2 Å². The molecule has 3 heteroatoms. The predicted octanol–water partition coefficient (Wildman–Crippen LogP) is 10.7. The molecule has 3 nitrogen and oxygen atoms in total. The average Bonchev–Trinajstić information content (AvgIpc) is 3.38. The largest absolute Gasteiger partial charge is 0.456 e. The van der Waals surface area contributed by atoms with Crippen LogP contribution in [0.15, 0.2) is 146 Å². The molecule has 8 aromatic rings. The third kappa shape index (κ3) is 3.26. The van der Waals surface area contributed by atoms with E-state index in [0.717, 1.165) is 39.8 Å². The zero-order valence-corrected chi connectivity index (χ0v) is 22.2. The number of hydrogen-bond acceptors (Lipinski definition) is 2. The second-order valence-electron chi connectivity index (χ2n) is 10.6. The summed E-state index contributed by atoms with van der Waals surface area (Å²) >= 11 is 0. The molecular formula is C38H24N2O. The summed E-state index contributed by atoms with van der Waals surface area (Å²) in [6.07, 6.45) is 0. The van der Waals surface area contributed by atoms with Crippen LogP contribution in [0.2, 0.25) is 0 Å². The molecule has 0 spiro atoms. The van der Waals surface area contributed by atoms with E-state index in [9.17, 15) is 0 Å². The van der Waals surface area contributed by atoms with Gasteiger partial charge in [0.1, 0.15) is 11.5 Å². The monoisotopic (exact) mass is 524 g/mol. The predicted molar refractivity (Wildman–Crippen MR) is 171 cm³/mol. The van der Waals surface area contributed by atoms with E-state index in [1.165, 1.54) is 37.8 Å². The van der Waals surface area contributed by atoms with Crippen LogP contribution in [0.5, 0.6) is 11.5 Å². The van der Waals surface area contributed by atoms with Gasteiger partial charge in [0.2, 0.25) is 0 Å². The summed E-state index contributed by atoms with van der Waals surface area (Å²) in [5.74, 6) is 1.84. The molecule has 2 heterocycles. The standard InChI is InChI=1S/C38H24N2O/c1-2-11-28(12-3-1)39(31-18-16-25-8-4-5-9-27(25)24-31)29-19-21-30(22-20-29)40-32-13-7-15-35-37(32)38-33(40)23-17-26-10-6-14-34(41-35)36(26)38/h1-24H. The molecule has 192 valence electrons. The molecule has 0 saturated carbocycles. The third-order valence-electron chi connectivity index (χ3n) is 8.31. The Labute approximate surface area is 237 Å². The highest BCUT2D eigenvalue weighted by Crippen LogP contribution is 2.49. The van der Waals surface area contributed by atoms with Gasteiger partial charge in [0.05, 0.1) is 16.4 Å². The van der Waals surface area contributed by atoms with E-state index < -0.39 is 0 Å². The number of ether oxygens (including phenoxy) is 1. The molecule has 9 rings (SSSR count). The molecule has 0 amide bonds. The maximum Gasteiger partial charge on any atom is 0.137 e. The van der Waals surface area contributed by atoms with Gasteiger partial charge in [-0.3, -0.25) is 0 Å². The zero-order chi connectivity index (χ0) is 26.9. The fourth-order valence-corrected chi connectivity index (χ4v) is 6.52. The molecule has 0 N–H and O–H groups in total. The Morgan fingerprint density at radius 3 is 1.90 bits per heavy atom. The topological polar surface area (TPSA) is 17.4 Å². The summed E-state index contributed by atoms with van der Waals surface area (Å²) in [7, 11) is 0. The van der Waals surface area contributed by atoms with Crippen molar-refractivity contribution in [2.24, 2.45) is 0 Å². The van der Waals surface area contributed by atoms with Crippen LogP contribution in [0, 0.1) is 0 Å². The number of nitrogens with zero attached hydrogens (tertiary/aromatic N) is 2. The van der Waals surface area contributed by atoms with Crippen LogP contribution in [0.25, 0.3) is 49.0 Å². The number of benzene rings is 7. The lowest BCUT2D eigenvalue weighted by molar-refractivity contribution is 0.493. The maximum absolute atomic E-state index is 6.39. The van der Waals surface area contributed by atoms with Crippen LogP contribution in [-0.2, 0) is 0 Å². The normalized spacial score (nSPS) is 12.1. The van der Waals surface area contributed by atoms with E-state index in [2.05, 4.69) is 155 Å². The van der Waals surface area contributed by atoms with Crippen molar-refractivity contribution in [3.8, 4) is 17.2 Å². The quantitative estimate of drug-likeness (QED) is 0.228. The molecule has 0 aliphatic carbocycles. The van der Waals surface area contributed by atoms with Crippen LogP contribution in [-0.4, -0.2) is 4.57 Å². The van der Waals surface area contributed by atoms with E-state index in [0.29, 0.717) is 0 Å². The van der Waals surface area contributed by atoms with Gasteiger partial charge in [-0.25, -0.2) is 0 Å². The van der Waals surface area contributed by atoms with Gasteiger partial charge >= 0.3 is 0 Å². The van der Waals surface area contributed by atoms with Gasteiger partial charge in [0.15, 0.2) is 0 Å². The van der Waals surface area contributed by atoms with E-state index in [1.54, 1.807) is 0 Å². The van der Waals surface area contributed by atoms with Gasteiger partial charge in [0.25, 0.3) is 0 Å². The molecule has 7 aromatic carbocycles. The van der Waals surface area contributed by atoms with Crippen molar-refractivity contribution in [3.63, 3.8) is 0 Å². The van der Waals surface area contributed by atoms with Gasteiger partial charge in [-0.1, -0.05) is 72.8 Å². The maximum atomic E-state index is 6.39. The molecule has 0 bridgehead atoms. The molecule has 1 aliphatic rings. The lowest BCUT2D eigenvalue weighted by Crippen LogP contribution is -2.10. The summed E-state index contributed by atoms with van der Waals surface area (Å²) in [6, 6.07) is 51.8. The molecule has 41 heavy (non-hydrogen) atoms. The molecule has 0 unspecified atom stereocenters. The van der Waals surface area contributed by atoms with Gasteiger partial charge in [-0.15, -0.1) is 0 Å². The lowest BCUT2D eigenvalue weighted by atomic mass is 10.0. The van der Waals surface area contributed by atoms with E-state index in [-0.39, 0.29) is 0 Å². The summed E-state index contributed by atoms with van der Waals surface area (Å²) in [5.41, 5.74) is 6.83. The first-order valence-corrected chi connectivity index (χ1v) is 13.9. The third-order valence-corrected chi connectivity index (χ3v) is 8.31. The minimum absolute atomic E-state index is 0.917. The molecule has 0 fully saturated rings. The van der Waals surface area contributed by atoms with Gasteiger partial charge in [0, 0.05) is 33.5 Å². The van der Waals surface area contributed by atoms with Crippen LogP contribution >= 0.6 is 0 Å². The Balaban J connectivity index is 1.24. The molecular weight excluding hydrogens is 500 g/mol. The van der Waals surface area contributed by atoms with Crippen molar-refractivity contribution in [2.45, 2.75) is 0 Å². The number of anilines is 3. The Morgan fingerprint density at radius 1 is 0.415 bits per heavy atom. The number of rotatable bonds is 4. The van der Waals surface area contributed by atoms with E-state index >= 15 is 0 Å². The SMILES string of the molecule is c1ccc(N(c2ccc(-n3c4cccc5c4c4c6c(cccc6ccc43)O5)cc2)c2ccc3ccccc3c2)cc1. The number of fused-ring (bicyclic) bond motifs is 1. The lowest BCUT2D eigenvalue weighted by Gasteiger charge is -2.26. The van der Waals surface area contributed by atoms with Crippen molar-refractivity contribution in [1.29, 1.82) is 0 Å². The number of hydrogen-bond donors (Lipinski definition) is 0. The van der Waals surface area contributed by atoms with Crippen LogP contribution in [0.4, 0.5) is 17.1 Å². The zero-order valence-electron chi connectivity index (χ0n) is 22.2. The van der Waals surface area contributed by atoms with Crippen LogP contribution in [0.1, 0.15) is 0 Å². The van der Waals surface area contributed by atoms with Crippen LogP contribution < -0.4 is 9.64 Å². The van der Waals surface area contributed by atoms with Crippen molar-refractivity contribution in [3.05, 3.63) is 146 Å². The van der Waals surface area contributed by atoms with Crippen LogP contribution in [0.3, 0.4) is 0 Å². The smallest absolute Gasteiger partial charge is 0.137 e. The minimum Gasteiger partial charge on any atom is -0.456 e. The summed E-state index contributed by atoms with van der Waals surface area (Å²) < 4.78 is 8.76.